The number of fused-ring (bicyclic) bond motifs is 7. The monoisotopic (exact) mass is 542 g/mol. The molecular formula is C30H38N8O2. The Morgan fingerprint density at radius 2 is 1.90 bits per heavy atom. The minimum Gasteiger partial charge on any atom is -0.477 e. The van der Waals surface area contributed by atoms with Gasteiger partial charge in [-0.05, 0) is 62.6 Å². The fourth-order valence-corrected chi connectivity index (χ4v) is 5.70. The number of piperazine rings is 1. The first-order valence-corrected chi connectivity index (χ1v) is 14.2. The van der Waals surface area contributed by atoms with Gasteiger partial charge in [0.1, 0.15) is 0 Å². The zero-order valence-electron chi connectivity index (χ0n) is 23.9. The Morgan fingerprint density at radius 3 is 2.73 bits per heavy atom. The second-order valence-electron chi connectivity index (χ2n) is 11.4. The van der Waals surface area contributed by atoms with Crippen LogP contribution in [0.4, 0.5) is 5.95 Å². The molecule has 0 spiro atoms. The Hall–Kier alpha value is -3.76. The lowest BCUT2D eigenvalue weighted by molar-refractivity contribution is 0.102. The Kier molecular flexibility index (Phi) is 7.29. The number of ether oxygens (including phenoxy) is 1. The highest BCUT2D eigenvalue weighted by atomic mass is 16.5. The van der Waals surface area contributed by atoms with Crippen molar-refractivity contribution in [2.45, 2.75) is 39.8 Å². The average Bonchev–Trinajstić information content (AvgIpc) is 3.46. The van der Waals surface area contributed by atoms with Gasteiger partial charge in [-0.15, -0.1) is 0 Å². The molecule has 2 aliphatic rings. The van der Waals surface area contributed by atoms with Gasteiger partial charge in [-0.2, -0.15) is 5.10 Å². The number of pyridine rings is 1. The van der Waals surface area contributed by atoms with Gasteiger partial charge in [0.05, 0.1) is 35.1 Å². The van der Waals surface area contributed by atoms with Crippen LogP contribution in [0.5, 0.6) is 5.88 Å². The van der Waals surface area contributed by atoms with Gasteiger partial charge in [0.15, 0.2) is 0 Å². The van der Waals surface area contributed by atoms with Crippen molar-refractivity contribution in [2.75, 3.05) is 45.2 Å². The van der Waals surface area contributed by atoms with Crippen molar-refractivity contribution in [1.29, 1.82) is 0 Å². The summed E-state index contributed by atoms with van der Waals surface area (Å²) in [5.74, 6) is 1.39. The van der Waals surface area contributed by atoms with Gasteiger partial charge >= 0.3 is 0 Å². The fraction of sp³-hybridized carbons (Fsp3) is 0.467. The number of amides is 1. The maximum absolute atomic E-state index is 13.6. The summed E-state index contributed by atoms with van der Waals surface area (Å²) in [7, 11) is 4.04. The number of aryl methyl sites for hydroxylation is 2. The van der Waals surface area contributed by atoms with Gasteiger partial charge in [0.25, 0.3) is 5.91 Å². The number of rotatable bonds is 2. The lowest BCUT2D eigenvalue weighted by Crippen LogP contribution is -2.43. The number of nitrogens with one attached hydrogen (secondary N) is 1. The van der Waals surface area contributed by atoms with Crippen molar-refractivity contribution in [1.82, 2.24) is 34.1 Å². The van der Waals surface area contributed by atoms with Gasteiger partial charge in [0, 0.05) is 57.6 Å². The molecule has 1 fully saturated rings. The molecule has 0 radical (unpaired) electrons. The van der Waals surface area contributed by atoms with E-state index in [4.69, 9.17) is 14.7 Å². The number of hydrogen-bond donors (Lipinski definition) is 1. The van der Waals surface area contributed by atoms with E-state index in [1.807, 2.05) is 14.0 Å². The minimum absolute atomic E-state index is 0.213. The molecule has 3 aromatic heterocycles. The number of anilines is 1. The number of imidazole rings is 1. The molecule has 0 aliphatic carbocycles. The fourth-order valence-electron chi connectivity index (χ4n) is 5.70. The summed E-state index contributed by atoms with van der Waals surface area (Å²) in [4.78, 5) is 28.1. The summed E-state index contributed by atoms with van der Waals surface area (Å²) in [6, 6.07) is 10.1. The molecule has 1 amide bonds. The van der Waals surface area contributed by atoms with Crippen LogP contribution in [0.3, 0.4) is 0 Å². The van der Waals surface area contributed by atoms with E-state index in [-0.39, 0.29) is 5.91 Å². The highest BCUT2D eigenvalue weighted by Gasteiger charge is 2.21. The third-order valence-electron chi connectivity index (χ3n) is 7.99. The maximum atomic E-state index is 13.6. The molecule has 1 N–H and O–H groups in total. The van der Waals surface area contributed by atoms with Crippen LogP contribution in [-0.2, 0) is 20.1 Å². The summed E-state index contributed by atoms with van der Waals surface area (Å²) in [6.07, 6.45) is 3.63. The standard InChI is InChI=1S/C30H38N8O2/c1-20-6-5-13-40-29-24(17-31-36(29)4)26-16-23(14-21(2)32-26)28(39)34-30-33-25-8-7-22(15-27(25)38(30)18-20)19-37-11-9-35(3)10-12-37/h7-8,14-17,20H,5-6,9-13,18-19H2,1-4H3,(H,33,34,39)/t20-/m0/s1. The number of carbonyl (C=O) groups excluding carboxylic acids is 1. The Labute approximate surface area is 234 Å². The molecule has 0 saturated carbocycles. The zero-order valence-corrected chi connectivity index (χ0v) is 23.9. The molecule has 10 nitrogen and oxygen atoms in total. The summed E-state index contributed by atoms with van der Waals surface area (Å²) < 4.78 is 10.1. The molecule has 2 bridgehead atoms. The van der Waals surface area contributed by atoms with E-state index in [0.29, 0.717) is 35.6 Å². The smallest absolute Gasteiger partial charge is 0.258 e. The van der Waals surface area contributed by atoms with Crippen LogP contribution in [0, 0.1) is 12.8 Å². The molecule has 40 heavy (non-hydrogen) atoms. The lowest BCUT2D eigenvalue weighted by Gasteiger charge is -2.32. The molecule has 2 aliphatic heterocycles. The second-order valence-corrected chi connectivity index (χ2v) is 11.4. The maximum Gasteiger partial charge on any atom is 0.258 e. The average molecular weight is 543 g/mol. The van der Waals surface area contributed by atoms with E-state index >= 15 is 0 Å². The van der Waals surface area contributed by atoms with E-state index < -0.39 is 0 Å². The van der Waals surface area contributed by atoms with Crippen molar-refractivity contribution < 1.29 is 9.53 Å². The van der Waals surface area contributed by atoms with Crippen LogP contribution in [0.2, 0.25) is 0 Å². The van der Waals surface area contributed by atoms with Crippen molar-refractivity contribution in [3.05, 3.63) is 53.3 Å². The highest BCUT2D eigenvalue weighted by Crippen LogP contribution is 2.31. The highest BCUT2D eigenvalue weighted by molar-refractivity contribution is 6.04. The van der Waals surface area contributed by atoms with E-state index in [2.05, 4.69) is 57.0 Å². The molecule has 6 rings (SSSR count). The first kappa shape index (κ1) is 26.5. The van der Waals surface area contributed by atoms with Crippen molar-refractivity contribution in [3.63, 3.8) is 0 Å². The van der Waals surface area contributed by atoms with Gasteiger partial charge in [0.2, 0.25) is 11.8 Å². The molecule has 0 unspecified atom stereocenters. The third-order valence-corrected chi connectivity index (χ3v) is 7.99. The number of aromatic nitrogens is 5. The Bertz CT molecular complexity index is 1530. The summed E-state index contributed by atoms with van der Waals surface area (Å²) in [5, 5.41) is 7.52. The predicted molar refractivity (Wildman–Crippen MR) is 156 cm³/mol. The number of likely N-dealkylation sites (N-methyl/N-ethyl adjacent to an activating group) is 1. The molecular weight excluding hydrogens is 504 g/mol. The molecule has 210 valence electrons. The topological polar surface area (TPSA) is 93.3 Å². The zero-order chi connectivity index (χ0) is 27.8. The number of benzene rings is 1. The molecule has 10 heteroatoms. The van der Waals surface area contributed by atoms with E-state index in [1.54, 1.807) is 23.0 Å². The van der Waals surface area contributed by atoms with Crippen molar-refractivity contribution in [3.8, 4) is 17.1 Å². The van der Waals surface area contributed by atoms with Crippen LogP contribution in [-0.4, -0.2) is 79.9 Å². The molecule has 1 aromatic carbocycles. The van der Waals surface area contributed by atoms with Gasteiger partial charge in [-0.3, -0.25) is 20.0 Å². The van der Waals surface area contributed by atoms with Crippen LogP contribution >= 0.6 is 0 Å². The predicted octanol–water partition coefficient (Wildman–Crippen LogP) is 3.95. The quantitative estimate of drug-likeness (QED) is 0.410. The largest absolute Gasteiger partial charge is 0.477 e. The summed E-state index contributed by atoms with van der Waals surface area (Å²) in [6.45, 7) is 10.7. The number of carbonyl (C=O) groups is 1. The minimum atomic E-state index is -0.213. The van der Waals surface area contributed by atoms with Crippen LogP contribution in [0.25, 0.3) is 22.3 Å². The van der Waals surface area contributed by atoms with Gasteiger partial charge < -0.3 is 14.2 Å². The van der Waals surface area contributed by atoms with Gasteiger partial charge in [-0.1, -0.05) is 13.0 Å². The third kappa shape index (κ3) is 5.46. The second kappa shape index (κ2) is 11.0. The summed E-state index contributed by atoms with van der Waals surface area (Å²) >= 11 is 0. The normalized spacial score (nSPS) is 19.3. The van der Waals surface area contributed by atoms with Crippen LogP contribution < -0.4 is 10.1 Å². The van der Waals surface area contributed by atoms with Gasteiger partial charge in [-0.25, -0.2) is 9.67 Å². The molecule has 5 heterocycles. The van der Waals surface area contributed by atoms with E-state index in [1.165, 1.54) is 5.56 Å². The SMILES string of the molecule is Cc1cc2cc(n1)-c1cnn(C)c1OCCC[C@H](C)Cn1c(nc3ccc(CN4CCN(C)CC4)cc31)NC2=O. The van der Waals surface area contributed by atoms with Crippen LogP contribution in [0.1, 0.15) is 41.4 Å². The summed E-state index contributed by atoms with van der Waals surface area (Å²) in [5.41, 5.74) is 5.93. The van der Waals surface area contributed by atoms with Crippen LogP contribution in [0.15, 0.2) is 36.5 Å². The first-order chi connectivity index (χ1) is 19.3. The Balaban J connectivity index is 1.36. The number of nitrogens with zero attached hydrogens (tertiary/aromatic N) is 7. The van der Waals surface area contributed by atoms with E-state index in [0.717, 1.165) is 74.4 Å². The first-order valence-electron chi connectivity index (χ1n) is 14.2. The van der Waals surface area contributed by atoms with Crippen molar-refractivity contribution in [2.24, 2.45) is 13.0 Å². The van der Waals surface area contributed by atoms with Crippen molar-refractivity contribution >= 4 is 22.9 Å². The molecule has 4 aromatic rings. The number of hydrogen-bond acceptors (Lipinski definition) is 7. The molecule has 1 saturated heterocycles. The lowest BCUT2D eigenvalue weighted by atomic mass is 10.1. The Morgan fingerprint density at radius 1 is 1.07 bits per heavy atom. The van der Waals surface area contributed by atoms with E-state index in [9.17, 15) is 4.79 Å². The molecule has 1 atom stereocenters.